The van der Waals surface area contributed by atoms with Crippen molar-refractivity contribution in [3.05, 3.63) is 28.8 Å². The van der Waals surface area contributed by atoms with E-state index in [9.17, 15) is 4.79 Å². The van der Waals surface area contributed by atoms with Crippen LogP contribution < -0.4 is 5.32 Å². The average molecular weight is 186 g/mol. The first-order chi connectivity index (χ1) is 5.65. The van der Waals surface area contributed by atoms with E-state index in [1.54, 1.807) is 19.2 Å². The number of aromatic carboxylic acids is 1. The van der Waals surface area contributed by atoms with E-state index in [0.717, 1.165) is 0 Å². The first-order valence-electron chi connectivity index (χ1n) is 3.35. The van der Waals surface area contributed by atoms with Crippen molar-refractivity contribution in [1.29, 1.82) is 0 Å². The Kier molecular flexibility index (Phi) is 2.55. The summed E-state index contributed by atoms with van der Waals surface area (Å²) in [6.45, 7) is 0. The van der Waals surface area contributed by atoms with Gasteiger partial charge in [0.05, 0.1) is 5.56 Å². The molecule has 0 aliphatic heterocycles. The first-order valence-corrected chi connectivity index (χ1v) is 3.73. The molecule has 1 rings (SSSR count). The van der Waals surface area contributed by atoms with Crippen LogP contribution in [0.1, 0.15) is 10.4 Å². The summed E-state index contributed by atoms with van der Waals surface area (Å²) in [5.41, 5.74) is 0.747. The normalized spacial score (nSPS) is 9.50. The second-order valence-corrected chi connectivity index (χ2v) is 2.68. The van der Waals surface area contributed by atoms with Crippen LogP contribution in [0.3, 0.4) is 0 Å². The number of hydrogen-bond acceptors (Lipinski definition) is 2. The molecule has 0 saturated heterocycles. The van der Waals surface area contributed by atoms with Gasteiger partial charge in [-0.25, -0.2) is 4.79 Å². The zero-order chi connectivity index (χ0) is 9.14. The van der Waals surface area contributed by atoms with Gasteiger partial charge < -0.3 is 10.4 Å². The molecule has 1 aromatic rings. The first kappa shape index (κ1) is 8.87. The van der Waals surface area contributed by atoms with E-state index in [-0.39, 0.29) is 5.56 Å². The lowest BCUT2D eigenvalue weighted by Crippen LogP contribution is -2.02. The standard InChI is InChI=1S/C8H8ClNO2/c1-10-7-3-2-5(9)4-6(7)8(11)12/h2-4,10H,1H3,(H,11,12). The van der Waals surface area contributed by atoms with Gasteiger partial charge in [0.15, 0.2) is 0 Å². The van der Waals surface area contributed by atoms with Crippen molar-refractivity contribution in [2.75, 3.05) is 12.4 Å². The van der Waals surface area contributed by atoms with E-state index >= 15 is 0 Å². The number of carboxylic acids is 1. The molecule has 0 aliphatic carbocycles. The molecule has 0 bridgehead atoms. The molecule has 3 nitrogen and oxygen atoms in total. The Hall–Kier alpha value is -1.22. The van der Waals surface area contributed by atoms with Gasteiger partial charge in [-0.05, 0) is 18.2 Å². The quantitative estimate of drug-likeness (QED) is 0.742. The fourth-order valence-electron chi connectivity index (χ4n) is 0.911. The van der Waals surface area contributed by atoms with E-state index in [2.05, 4.69) is 5.32 Å². The number of carboxylic acid groups (broad SMARTS) is 1. The van der Waals surface area contributed by atoms with Crippen molar-refractivity contribution >= 4 is 23.3 Å². The second-order valence-electron chi connectivity index (χ2n) is 2.25. The van der Waals surface area contributed by atoms with E-state index in [1.165, 1.54) is 6.07 Å². The van der Waals surface area contributed by atoms with Crippen molar-refractivity contribution in [3.8, 4) is 0 Å². The highest BCUT2D eigenvalue weighted by Crippen LogP contribution is 2.19. The molecule has 0 aliphatic rings. The highest BCUT2D eigenvalue weighted by molar-refractivity contribution is 6.31. The topological polar surface area (TPSA) is 49.3 Å². The maximum absolute atomic E-state index is 10.6. The summed E-state index contributed by atoms with van der Waals surface area (Å²) in [6.07, 6.45) is 0. The Bertz CT molecular complexity index is 312. The van der Waals surface area contributed by atoms with Gasteiger partial charge in [0, 0.05) is 17.8 Å². The van der Waals surface area contributed by atoms with Crippen LogP contribution in [0.25, 0.3) is 0 Å². The van der Waals surface area contributed by atoms with Crippen LogP contribution in [0, 0.1) is 0 Å². The largest absolute Gasteiger partial charge is 0.478 e. The second kappa shape index (κ2) is 3.45. The number of nitrogens with one attached hydrogen (secondary N) is 1. The predicted molar refractivity (Wildman–Crippen MR) is 48.0 cm³/mol. The Morgan fingerprint density at radius 1 is 1.58 bits per heavy atom. The highest BCUT2D eigenvalue weighted by atomic mass is 35.5. The fourth-order valence-corrected chi connectivity index (χ4v) is 1.08. The summed E-state index contributed by atoms with van der Waals surface area (Å²) in [5.74, 6) is -0.984. The van der Waals surface area contributed by atoms with Gasteiger partial charge >= 0.3 is 5.97 Å². The smallest absolute Gasteiger partial charge is 0.337 e. The van der Waals surface area contributed by atoms with Crippen molar-refractivity contribution in [2.24, 2.45) is 0 Å². The Morgan fingerprint density at radius 3 is 2.75 bits per heavy atom. The molecule has 0 fully saturated rings. The lowest BCUT2D eigenvalue weighted by atomic mass is 10.2. The summed E-state index contributed by atoms with van der Waals surface area (Å²) < 4.78 is 0. The molecular weight excluding hydrogens is 178 g/mol. The van der Waals surface area contributed by atoms with Gasteiger partial charge in [0.25, 0.3) is 0 Å². The summed E-state index contributed by atoms with van der Waals surface area (Å²) in [7, 11) is 1.66. The number of hydrogen-bond donors (Lipinski definition) is 2. The lowest BCUT2D eigenvalue weighted by Gasteiger charge is -2.04. The van der Waals surface area contributed by atoms with Crippen LogP contribution >= 0.6 is 11.6 Å². The van der Waals surface area contributed by atoms with Crippen molar-refractivity contribution in [1.82, 2.24) is 0 Å². The van der Waals surface area contributed by atoms with Crippen molar-refractivity contribution in [2.45, 2.75) is 0 Å². The molecule has 0 radical (unpaired) electrons. The third-order valence-electron chi connectivity index (χ3n) is 1.48. The molecule has 2 N–H and O–H groups in total. The van der Waals surface area contributed by atoms with Crippen LogP contribution in [-0.4, -0.2) is 18.1 Å². The fraction of sp³-hybridized carbons (Fsp3) is 0.125. The van der Waals surface area contributed by atoms with Gasteiger partial charge in [0.1, 0.15) is 0 Å². The predicted octanol–water partition coefficient (Wildman–Crippen LogP) is 2.08. The van der Waals surface area contributed by atoms with Crippen LogP contribution in [0.4, 0.5) is 5.69 Å². The monoisotopic (exact) mass is 185 g/mol. The zero-order valence-electron chi connectivity index (χ0n) is 6.47. The van der Waals surface area contributed by atoms with Crippen LogP contribution in [0.15, 0.2) is 18.2 Å². The van der Waals surface area contributed by atoms with Crippen molar-refractivity contribution < 1.29 is 9.90 Å². The molecule has 0 heterocycles. The summed E-state index contributed by atoms with van der Waals surface area (Å²) in [5, 5.41) is 11.9. The molecule has 0 atom stereocenters. The van der Waals surface area contributed by atoms with Crippen LogP contribution in [0.2, 0.25) is 5.02 Å². The maximum atomic E-state index is 10.6. The summed E-state index contributed by atoms with van der Waals surface area (Å²) >= 11 is 5.63. The van der Waals surface area contributed by atoms with Gasteiger partial charge in [-0.2, -0.15) is 0 Å². The minimum absolute atomic E-state index is 0.185. The Morgan fingerprint density at radius 2 is 2.25 bits per heavy atom. The van der Waals surface area contributed by atoms with E-state index in [0.29, 0.717) is 10.7 Å². The number of rotatable bonds is 2. The zero-order valence-corrected chi connectivity index (χ0v) is 7.22. The van der Waals surface area contributed by atoms with Gasteiger partial charge in [-0.15, -0.1) is 0 Å². The molecule has 12 heavy (non-hydrogen) atoms. The SMILES string of the molecule is CNc1ccc(Cl)cc1C(=O)O. The summed E-state index contributed by atoms with van der Waals surface area (Å²) in [6, 6.07) is 4.68. The molecule has 0 saturated carbocycles. The minimum atomic E-state index is -0.984. The molecular formula is C8H8ClNO2. The lowest BCUT2D eigenvalue weighted by molar-refractivity contribution is 0.0698. The molecule has 0 aromatic heterocycles. The van der Waals surface area contributed by atoms with Crippen LogP contribution in [-0.2, 0) is 0 Å². The molecule has 0 unspecified atom stereocenters. The number of carbonyl (C=O) groups is 1. The molecule has 0 spiro atoms. The molecule has 4 heteroatoms. The van der Waals surface area contributed by atoms with E-state index in [4.69, 9.17) is 16.7 Å². The van der Waals surface area contributed by atoms with Crippen LogP contribution in [0.5, 0.6) is 0 Å². The third-order valence-corrected chi connectivity index (χ3v) is 1.72. The Labute approximate surface area is 75.0 Å². The minimum Gasteiger partial charge on any atom is -0.478 e. The maximum Gasteiger partial charge on any atom is 0.337 e. The molecule has 1 aromatic carbocycles. The number of halogens is 1. The molecule has 64 valence electrons. The van der Waals surface area contributed by atoms with Gasteiger partial charge in [-0.1, -0.05) is 11.6 Å². The van der Waals surface area contributed by atoms with E-state index < -0.39 is 5.97 Å². The summed E-state index contributed by atoms with van der Waals surface area (Å²) in [4.78, 5) is 10.6. The third kappa shape index (κ3) is 1.68. The van der Waals surface area contributed by atoms with Gasteiger partial charge in [-0.3, -0.25) is 0 Å². The van der Waals surface area contributed by atoms with Gasteiger partial charge in [0.2, 0.25) is 0 Å². The number of benzene rings is 1. The average Bonchev–Trinajstić information content (AvgIpc) is 2.04. The Balaban J connectivity index is 3.21. The van der Waals surface area contributed by atoms with E-state index in [1.807, 2.05) is 0 Å². The number of anilines is 1. The highest BCUT2D eigenvalue weighted by Gasteiger charge is 2.08. The molecule has 0 amide bonds. The van der Waals surface area contributed by atoms with Crippen molar-refractivity contribution in [3.63, 3.8) is 0 Å².